The molecule has 20 heavy (non-hydrogen) atoms. The van der Waals surface area contributed by atoms with Gasteiger partial charge >= 0.3 is 12.0 Å². The molecule has 0 saturated heterocycles. The number of rotatable bonds is 6. The second-order valence-corrected chi connectivity index (χ2v) is 6.59. The number of thiophene rings is 1. The highest BCUT2D eigenvalue weighted by Gasteiger charge is 2.24. The number of urea groups is 1. The summed E-state index contributed by atoms with van der Waals surface area (Å²) in [6.45, 7) is 6.43. The van der Waals surface area contributed by atoms with Crippen molar-refractivity contribution in [3.8, 4) is 0 Å². The average molecular weight is 298 g/mol. The third-order valence-corrected chi connectivity index (χ3v) is 4.42. The summed E-state index contributed by atoms with van der Waals surface area (Å²) in [6, 6.07) is 3.79. The lowest BCUT2D eigenvalue weighted by molar-refractivity contribution is -0.141. The van der Waals surface area contributed by atoms with E-state index in [0.717, 1.165) is 0 Å². The Morgan fingerprint density at radius 1 is 1.50 bits per heavy atom. The molecular weight excluding hydrogens is 276 g/mol. The minimum absolute atomic E-state index is 0.136. The van der Waals surface area contributed by atoms with Gasteiger partial charge in [-0.15, -0.1) is 11.3 Å². The summed E-state index contributed by atoms with van der Waals surface area (Å²) in [5.41, 5.74) is -0.136. The molecule has 2 N–H and O–H groups in total. The fourth-order valence-corrected chi connectivity index (χ4v) is 2.61. The molecule has 0 radical (unpaired) electrons. The fraction of sp³-hybridized carbons (Fsp3) is 0.571. The molecule has 1 aromatic heterocycles. The molecule has 1 heterocycles. The molecule has 1 rings (SSSR count). The van der Waals surface area contributed by atoms with Crippen molar-refractivity contribution in [3.63, 3.8) is 0 Å². The van der Waals surface area contributed by atoms with Crippen LogP contribution in [0, 0.1) is 5.92 Å². The van der Waals surface area contributed by atoms with Gasteiger partial charge in [0.1, 0.15) is 0 Å². The second-order valence-electron chi connectivity index (χ2n) is 5.64. The number of carbonyl (C=O) groups is 2. The zero-order chi connectivity index (χ0) is 15.3. The van der Waals surface area contributed by atoms with Crippen LogP contribution in [-0.2, 0) is 10.2 Å². The van der Waals surface area contributed by atoms with E-state index in [1.165, 1.54) is 9.78 Å². The molecule has 2 amide bonds. The van der Waals surface area contributed by atoms with Crippen LogP contribution >= 0.6 is 11.3 Å². The van der Waals surface area contributed by atoms with Gasteiger partial charge in [-0.2, -0.15) is 0 Å². The molecule has 1 atom stereocenters. The van der Waals surface area contributed by atoms with Crippen molar-refractivity contribution >= 4 is 23.3 Å². The summed E-state index contributed by atoms with van der Waals surface area (Å²) >= 11 is 1.66. The Hall–Kier alpha value is -1.56. The Bertz CT molecular complexity index is 457. The van der Waals surface area contributed by atoms with Gasteiger partial charge in [0.15, 0.2) is 0 Å². The zero-order valence-corrected chi connectivity index (χ0v) is 13.2. The van der Waals surface area contributed by atoms with Gasteiger partial charge < -0.3 is 15.3 Å². The minimum Gasteiger partial charge on any atom is -0.481 e. The first-order chi connectivity index (χ1) is 9.24. The van der Waals surface area contributed by atoms with Crippen molar-refractivity contribution in [2.75, 3.05) is 20.1 Å². The number of nitrogens with one attached hydrogen (secondary N) is 1. The van der Waals surface area contributed by atoms with Gasteiger partial charge in [0.05, 0.1) is 5.92 Å². The Morgan fingerprint density at radius 2 is 2.15 bits per heavy atom. The molecule has 0 saturated carbocycles. The highest BCUT2D eigenvalue weighted by Crippen LogP contribution is 2.26. The number of hydrogen-bond donors (Lipinski definition) is 2. The smallest absolute Gasteiger partial charge is 0.317 e. The molecule has 0 aliphatic carbocycles. The summed E-state index contributed by atoms with van der Waals surface area (Å²) in [7, 11) is 1.60. The van der Waals surface area contributed by atoms with E-state index in [1.807, 2.05) is 17.5 Å². The van der Waals surface area contributed by atoms with Crippen LogP contribution in [0.5, 0.6) is 0 Å². The molecule has 6 heteroatoms. The monoisotopic (exact) mass is 298 g/mol. The lowest BCUT2D eigenvalue weighted by atomic mass is 9.91. The van der Waals surface area contributed by atoms with Crippen molar-refractivity contribution in [1.29, 1.82) is 0 Å². The van der Waals surface area contributed by atoms with Crippen molar-refractivity contribution in [3.05, 3.63) is 22.4 Å². The highest BCUT2D eigenvalue weighted by molar-refractivity contribution is 7.10. The topological polar surface area (TPSA) is 69.6 Å². The van der Waals surface area contributed by atoms with Crippen LogP contribution < -0.4 is 5.32 Å². The predicted octanol–water partition coefficient (Wildman–Crippen LogP) is 2.39. The van der Waals surface area contributed by atoms with Crippen LogP contribution in [0.4, 0.5) is 4.79 Å². The summed E-state index contributed by atoms with van der Waals surface area (Å²) in [5, 5.41) is 13.7. The van der Waals surface area contributed by atoms with E-state index in [2.05, 4.69) is 19.2 Å². The van der Waals surface area contributed by atoms with Gasteiger partial charge in [0.2, 0.25) is 0 Å². The maximum atomic E-state index is 11.9. The molecule has 1 unspecified atom stereocenters. The number of amides is 2. The Kier molecular flexibility index (Phi) is 5.56. The van der Waals surface area contributed by atoms with Gasteiger partial charge in [0.25, 0.3) is 0 Å². The standard InChI is InChI=1S/C14H22N2O3S/c1-10(12(17)18)8-16(4)13(19)15-9-14(2,3)11-6-5-7-20-11/h5-7,10H,8-9H2,1-4H3,(H,15,19)(H,17,18). The molecule has 0 aliphatic heterocycles. The molecule has 0 spiro atoms. The minimum atomic E-state index is -0.899. The first kappa shape index (κ1) is 16.5. The van der Waals surface area contributed by atoms with Gasteiger partial charge in [0, 0.05) is 30.4 Å². The summed E-state index contributed by atoms with van der Waals surface area (Å²) in [6.07, 6.45) is 0. The summed E-state index contributed by atoms with van der Waals surface area (Å²) in [5.74, 6) is -1.47. The van der Waals surface area contributed by atoms with Crippen LogP contribution in [0.1, 0.15) is 25.6 Å². The molecular formula is C14H22N2O3S. The highest BCUT2D eigenvalue weighted by atomic mass is 32.1. The third-order valence-electron chi connectivity index (χ3n) is 3.19. The maximum Gasteiger partial charge on any atom is 0.317 e. The van der Waals surface area contributed by atoms with Crippen LogP contribution in [0.25, 0.3) is 0 Å². The van der Waals surface area contributed by atoms with Gasteiger partial charge in [-0.1, -0.05) is 26.8 Å². The normalized spacial score (nSPS) is 12.8. The molecule has 0 aromatic carbocycles. The summed E-state index contributed by atoms with van der Waals surface area (Å²) in [4.78, 5) is 25.3. The SMILES string of the molecule is CC(CN(C)C(=O)NCC(C)(C)c1cccs1)C(=O)O. The molecule has 0 aliphatic rings. The van der Waals surface area contributed by atoms with E-state index < -0.39 is 11.9 Å². The third kappa shape index (κ3) is 4.52. The number of carbonyl (C=O) groups excluding carboxylic acids is 1. The molecule has 112 valence electrons. The van der Waals surface area contributed by atoms with E-state index in [0.29, 0.717) is 6.54 Å². The van der Waals surface area contributed by atoms with Gasteiger partial charge in [-0.25, -0.2) is 4.79 Å². The first-order valence-electron chi connectivity index (χ1n) is 6.50. The maximum absolute atomic E-state index is 11.9. The van der Waals surface area contributed by atoms with Crippen molar-refractivity contribution in [2.45, 2.75) is 26.2 Å². The van der Waals surface area contributed by atoms with Crippen molar-refractivity contribution < 1.29 is 14.7 Å². The van der Waals surface area contributed by atoms with E-state index in [1.54, 1.807) is 25.3 Å². The zero-order valence-electron chi connectivity index (χ0n) is 12.3. The Labute approximate surface area is 123 Å². The second kappa shape index (κ2) is 6.74. The van der Waals surface area contributed by atoms with E-state index in [9.17, 15) is 9.59 Å². The van der Waals surface area contributed by atoms with E-state index >= 15 is 0 Å². The summed E-state index contributed by atoms with van der Waals surface area (Å²) < 4.78 is 0. The lowest BCUT2D eigenvalue weighted by Gasteiger charge is -2.26. The lowest BCUT2D eigenvalue weighted by Crippen LogP contribution is -2.44. The van der Waals surface area contributed by atoms with E-state index in [-0.39, 0.29) is 18.0 Å². The van der Waals surface area contributed by atoms with Gasteiger partial charge in [-0.3, -0.25) is 4.79 Å². The van der Waals surface area contributed by atoms with Crippen LogP contribution in [-0.4, -0.2) is 42.1 Å². The van der Waals surface area contributed by atoms with Crippen molar-refractivity contribution in [2.24, 2.45) is 5.92 Å². The van der Waals surface area contributed by atoms with Gasteiger partial charge in [-0.05, 0) is 11.4 Å². The number of aliphatic carboxylic acids is 1. The fourth-order valence-electron chi connectivity index (χ4n) is 1.75. The molecule has 1 aromatic rings. The predicted molar refractivity (Wildman–Crippen MR) is 80.2 cm³/mol. The van der Waals surface area contributed by atoms with Crippen LogP contribution in [0.2, 0.25) is 0 Å². The molecule has 0 fully saturated rings. The number of carboxylic acid groups (broad SMARTS) is 1. The largest absolute Gasteiger partial charge is 0.481 e. The number of carboxylic acids is 1. The van der Waals surface area contributed by atoms with E-state index in [4.69, 9.17) is 5.11 Å². The Morgan fingerprint density at radius 3 is 2.65 bits per heavy atom. The molecule has 0 bridgehead atoms. The quantitative estimate of drug-likeness (QED) is 0.847. The number of nitrogens with zero attached hydrogens (tertiary/aromatic N) is 1. The van der Waals surface area contributed by atoms with Crippen LogP contribution in [0.3, 0.4) is 0 Å². The number of hydrogen-bond acceptors (Lipinski definition) is 3. The Balaban J connectivity index is 2.49. The average Bonchev–Trinajstić information content (AvgIpc) is 2.90. The van der Waals surface area contributed by atoms with Crippen LogP contribution in [0.15, 0.2) is 17.5 Å². The first-order valence-corrected chi connectivity index (χ1v) is 7.38. The molecule has 5 nitrogen and oxygen atoms in total. The van der Waals surface area contributed by atoms with Crippen molar-refractivity contribution in [1.82, 2.24) is 10.2 Å².